The van der Waals surface area contributed by atoms with Gasteiger partial charge in [0, 0.05) is 10.2 Å². The number of ether oxygens (including phenoxy) is 1. The molecule has 110 valence electrons. The third kappa shape index (κ3) is 4.33. The Morgan fingerprint density at radius 3 is 2.52 bits per heavy atom. The molecule has 0 saturated heterocycles. The van der Waals surface area contributed by atoms with Crippen molar-refractivity contribution < 1.29 is 9.53 Å². The highest BCUT2D eigenvalue weighted by Crippen LogP contribution is 2.21. The minimum atomic E-state index is -0.174. The quantitative estimate of drug-likeness (QED) is 0.890. The summed E-state index contributed by atoms with van der Waals surface area (Å²) in [5.74, 6) is 0.571. The van der Waals surface area contributed by atoms with E-state index in [0.29, 0.717) is 0 Å². The van der Waals surface area contributed by atoms with Crippen LogP contribution in [0.3, 0.4) is 0 Å². The summed E-state index contributed by atoms with van der Waals surface area (Å²) in [5.41, 5.74) is 4.01. The number of aryl methyl sites for hydroxylation is 3. The van der Waals surface area contributed by atoms with Crippen molar-refractivity contribution >= 4 is 27.5 Å². The fourth-order valence-corrected chi connectivity index (χ4v) is 2.25. The Balaban J connectivity index is 1.95. The van der Waals surface area contributed by atoms with Crippen LogP contribution in [0.1, 0.15) is 16.7 Å². The lowest BCUT2D eigenvalue weighted by molar-refractivity contribution is -0.118. The van der Waals surface area contributed by atoms with Crippen molar-refractivity contribution in [3.05, 3.63) is 57.6 Å². The van der Waals surface area contributed by atoms with Gasteiger partial charge in [-0.05, 0) is 55.7 Å². The van der Waals surface area contributed by atoms with Gasteiger partial charge in [-0.1, -0.05) is 34.1 Å². The molecule has 0 fully saturated rings. The third-order valence-corrected chi connectivity index (χ3v) is 4.01. The summed E-state index contributed by atoms with van der Waals surface area (Å²) in [6, 6.07) is 11.6. The van der Waals surface area contributed by atoms with E-state index in [-0.39, 0.29) is 12.5 Å². The van der Waals surface area contributed by atoms with Crippen LogP contribution >= 0.6 is 15.9 Å². The zero-order valence-corrected chi connectivity index (χ0v) is 14.0. The first-order chi connectivity index (χ1) is 9.95. The molecule has 1 N–H and O–H groups in total. The van der Waals surface area contributed by atoms with Crippen molar-refractivity contribution in [1.29, 1.82) is 0 Å². The van der Waals surface area contributed by atoms with Crippen LogP contribution in [0.4, 0.5) is 5.69 Å². The predicted octanol–water partition coefficient (Wildman–Crippen LogP) is 4.39. The van der Waals surface area contributed by atoms with Gasteiger partial charge in [-0.15, -0.1) is 0 Å². The Morgan fingerprint density at radius 2 is 1.81 bits per heavy atom. The van der Waals surface area contributed by atoms with Crippen molar-refractivity contribution in [2.45, 2.75) is 20.8 Å². The lowest BCUT2D eigenvalue weighted by Crippen LogP contribution is -2.20. The molecule has 0 saturated carbocycles. The van der Waals surface area contributed by atoms with Crippen LogP contribution in [-0.4, -0.2) is 12.5 Å². The zero-order chi connectivity index (χ0) is 15.4. The average molecular weight is 348 g/mol. The van der Waals surface area contributed by atoms with Gasteiger partial charge in [-0.25, -0.2) is 0 Å². The highest BCUT2D eigenvalue weighted by molar-refractivity contribution is 9.10. The maximum absolute atomic E-state index is 11.9. The van der Waals surface area contributed by atoms with E-state index >= 15 is 0 Å². The fraction of sp³-hybridized carbons (Fsp3) is 0.235. The third-order valence-electron chi connectivity index (χ3n) is 3.16. The Kier molecular flexibility index (Phi) is 5.02. The molecule has 0 radical (unpaired) electrons. The highest BCUT2D eigenvalue weighted by Gasteiger charge is 2.06. The lowest BCUT2D eigenvalue weighted by atomic mass is 10.1. The molecular formula is C17H18BrNO2. The van der Waals surface area contributed by atoms with Gasteiger partial charge in [0.05, 0.1) is 0 Å². The van der Waals surface area contributed by atoms with Crippen LogP contribution in [0.2, 0.25) is 0 Å². The van der Waals surface area contributed by atoms with E-state index in [2.05, 4.69) is 21.2 Å². The molecule has 0 aliphatic carbocycles. The largest absolute Gasteiger partial charge is 0.483 e. The van der Waals surface area contributed by atoms with Gasteiger partial charge < -0.3 is 10.1 Å². The molecule has 3 nitrogen and oxygen atoms in total. The summed E-state index contributed by atoms with van der Waals surface area (Å²) < 4.78 is 6.55. The van der Waals surface area contributed by atoms with E-state index in [1.807, 2.05) is 57.2 Å². The summed E-state index contributed by atoms with van der Waals surface area (Å²) in [6.45, 7) is 5.95. The van der Waals surface area contributed by atoms with Gasteiger partial charge in [0.15, 0.2) is 6.61 Å². The molecule has 0 spiro atoms. The molecule has 0 aliphatic rings. The molecule has 0 aliphatic heterocycles. The van der Waals surface area contributed by atoms with Crippen LogP contribution < -0.4 is 10.1 Å². The Hall–Kier alpha value is -1.81. The van der Waals surface area contributed by atoms with Crippen molar-refractivity contribution in [3.63, 3.8) is 0 Å². The zero-order valence-electron chi connectivity index (χ0n) is 12.4. The van der Waals surface area contributed by atoms with Crippen LogP contribution in [-0.2, 0) is 4.79 Å². The number of rotatable bonds is 4. The number of carbonyl (C=O) groups excluding carboxylic acids is 1. The van der Waals surface area contributed by atoms with Crippen molar-refractivity contribution in [1.82, 2.24) is 0 Å². The minimum absolute atomic E-state index is 0.00418. The van der Waals surface area contributed by atoms with Crippen LogP contribution in [0.5, 0.6) is 5.75 Å². The molecule has 2 aromatic rings. The number of halogens is 1. The van der Waals surface area contributed by atoms with Gasteiger partial charge in [0.1, 0.15) is 5.75 Å². The summed E-state index contributed by atoms with van der Waals surface area (Å²) in [6.07, 6.45) is 0. The van der Waals surface area contributed by atoms with E-state index in [9.17, 15) is 4.79 Å². The second-order valence-electron chi connectivity index (χ2n) is 5.07. The molecule has 0 bridgehead atoms. The molecule has 0 heterocycles. The van der Waals surface area contributed by atoms with E-state index in [4.69, 9.17) is 4.74 Å². The molecule has 21 heavy (non-hydrogen) atoms. The first kappa shape index (κ1) is 15.6. The minimum Gasteiger partial charge on any atom is -0.483 e. The molecule has 0 aromatic heterocycles. The Bertz CT molecular complexity index is 668. The average Bonchev–Trinajstić information content (AvgIpc) is 2.44. The summed E-state index contributed by atoms with van der Waals surface area (Å²) in [5, 5.41) is 2.82. The lowest BCUT2D eigenvalue weighted by Gasteiger charge is -2.11. The van der Waals surface area contributed by atoms with Crippen LogP contribution in [0.25, 0.3) is 0 Å². The number of nitrogens with one attached hydrogen (secondary N) is 1. The topological polar surface area (TPSA) is 38.3 Å². The first-order valence-corrected chi connectivity index (χ1v) is 7.51. The monoisotopic (exact) mass is 347 g/mol. The number of hydrogen-bond donors (Lipinski definition) is 1. The van der Waals surface area contributed by atoms with Crippen molar-refractivity contribution in [3.8, 4) is 5.75 Å². The van der Waals surface area contributed by atoms with Gasteiger partial charge in [0.25, 0.3) is 5.91 Å². The van der Waals surface area contributed by atoms with Crippen LogP contribution in [0, 0.1) is 20.8 Å². The Morgan fingerprint density at radius 1 is 1.10 bits per heavy atom. The molecule has 0 atom stereocenters. The van der Waals surface area contributed by atoms with E-state index in [0.717, 1.165) is 32.6 Å². The first-order valence-electron chi connectivity index (χ1n) is 6.72. The van der Waals surface area contributed by atoms with E-state index in [1.165, 1.54) is 0 Å². The number of hydrogen-bond acceptors (Lipinski definition) is 2. The van der Waals surface area contributed by atoms with Crippen molar-refractivity contribution in [2.24, 2.45) is 0 Å². The van der Waals surface area contributed by atoms with Gasteiger partial charge in [-0.3, -0.25) is 4.79 Å². The van der Waals surface area contributed by atoms with Gasteiger partial charge >= 0.3 is 0 Å². The number of carbonyl (C=O) groups is 1. The van der Waals surface area contributed by atoms with E-state index < -0.39 is 0 Å². The van der Waals surface area contributed by atoms with Gasteiger partial charge in [-0.2, -0.15) is 0 Å². The normalized spacial score (nSPS) is 10.3. The standard InChI is InChI=1S/C17H18BrNO2/c1-11-4-5-13(3)16(8-11)21-10-17(20)19-14-7-6-12(2)15(18)9-14/h4-9H,10H2,1-3H3,(H,19,20). The second-order valence-corrected chi connectivity index (χ2v) is 5.92. The number of anilines is 1. The maximum Gasteiger partial charge on any atom is 0.262 e. The summed E-state index contributed by atoms with van der Waals surface area (Å²) in [4.78, 5) is 11.9. The van der Waals surface area contributed by atoms with Crippen molar-refractivity contribution in [2.75, 3.05) is 11.9 Å². The molecule has 2 rings (SSSR count). The van der Waals surface area contributed by atoms with Crippen LogP contribution in [0.15, 0.2) is 40.9 Å². The highest BCUT2D eigenvalue weighted by atomic mass is 79.9. The van der Waals surface area contributed by atoms with Gasteiger partial charge in [0.2, 0.25) is 0 Å². The smallest absolute Gasteiger partial charge is 0.262 e. The number of benzene rings is 2. The molecular weight excluding hydrogens is 330 g/mol. The maximum atomic E-state index is 11.9. The number of amides is 1. The molecule has 1 amide bonds. The Labute approximate surface area is 133 Å². The summed E-state index contributed by atoms with van der Waals surface area (Å²) >= 11 is 3.45. The summed E-state index contributed by atoms with van der Waals surface area (Å²) in [7, 11) is 0. The SMILES string of the molecule is Cc1ccc(C)c(OCC(=O)Nc2ccc(C)c(Br)c2)c1. The predicted molar refractivity (Wildman–Crippen MR) is 88.9 cm³/mol. The fourth-order valence-electron chi connectivity index (χ4n) is 1.87. The van der Waals surface area contributed by atoms with E-state index in [1.54, 1.807) is 0 Å². The molecule has 4 heteroatoms. The molecule has 2 aromatic carbocycles. The molecule has 0 unspecified atom stereocenters. The second kappa shape index (κ2) is 6.76.